The molecule has 0 aliphatic heterocycles. The van der Waals surface area contributed by atoms with Crippen molar-refractivity contribution < 1.29 is 0 Å². The van der Waals surface area contributed by atoms with Crippen molar-refractivity contribution in [3.05, 3.63) is 130 Å². The first-order valence-corrected chi connectivity index (χ1v) is 17.9. The molecular formula is C43H58N2. The lowest BCUT2D eigenvalue weighted by molar-refractivity contribution is 0.445. The lowest BCUT2D eigenvalue weighted by Crippen LogP contribution is -2.10. The summed E-state index contributed by atoms with van der Waals surface area (Å²) in [5.41, 5.74) is 22.1. The summed E-state index contributed by atoms with van der Waals surface area (Å²) in [7, 11) is 0. The van der Waals surface area contributed by atoms with Crippen LogP contribution in [0.1, 0.15) is 137 Å². The van der Waals surface area contributed by atoms with Gasteiger partial charge in [-0.05, 0) is 95.7 Å². The number of anilines is 2. The zero-order valence-electron chi connectivity index (χ0n) is 28.3. The van der Waals surface area contributed by atoms with Gasteiger partial charge in [0.15, 0.2) is 0 Å². The van der Waals surface area contributed by atoms with Crippen LogP contribution in [0.4, 0.5) is 11.4 Å². The molecule has 0 saturated carbocycles. The molecule has 45 heavy (non-hydrogen) atoms. The molecule has 2 heteroatoms. The van der Waals surface area contributed by atoms with E-state index in [1.807, 2.05) is 24.3 Å². The number of rotatable bonds is 19. The van der Waals surface area contributed by atoms with Gasteiger partial charge in [-0.15, -0.1) is 0 Å². The van der Waals surface area contributed by atoms with Gasteiger partial charge in [-0.1, -0.05) is 145 Å². The Balaban J connectivity index is 1.46. The number of unbranched alkanes of at least 4 members (excludes halogenated alkanes) is 5. The smallest absolute Gasteiger partial charge is 0.0314 e. The predicted octanol–water partition coefficient (Wildman–Crippen LogP) is 11.9. The van der Waals surface area contributed by atoms with E-state index in [9.17, 15) is 0 Å². The lowest BCUT2D eigenvalue weighted by atomic mass is 9.84. The highest BCUT2D eigenvalue weighted by Gasteiger charge is 2.17. The van der Waals surface area contributed by atoms with Gasteiger partial charge in [-0.25, -0.2) is 0 Å². The molecule has 0 amide bonds. The highest BCUT2D eigenvalue weighted by molar-refractivity contribution is 5.44. The van der Waals surface area contributed by atoms with Crippen LogP contribution in [0.3, 0.4) is 0 Å². The predicted molar refractivity (Wildman–Crippen MR) is 197 cm³/mol. The number of hydrogen-bond acceptors (Lipinski definition) is 2. The molecule has 0 aromatic heterocycles. The van der Waals surface area contributed by atoms with Gasteiger partial charge in [-0.2, -0.15) is 0 Å². The normalized spacial score (nSPS) is 13.4. The van der Waals surface area contributed by atoms with Gasteiger partial charge in [0.25, 0.3) is 0 Å². The van der Waals surface area contributed by atoms with Crippen molar-refractivity contribution in [1.29, 1.82) is 0 Å². The molecule has 2 unspecified atom stereocenters. The third-order valence-corrected chi connectivity index (χ3v) is 9.61. The Kier molecular flexibility index (Phi) is 14.1. The quantitative estimate of drug-likeness (QED) is 0.0828. The van der Waals surface area contributed by atoms with E-state index in [4.69, 9.17) is 11.5 Å². The molecule has 4 aromatic carbocycles. The molecule has 0 spiro atoms. The maximum atomic E-state index is 5.98. The minimum atomic E-state index is 0.423. The molecule has 4 aromatic rings. The Morgan fingerprint density at radius 3 is 1.13 bits per heavy atom. The average molecular weight is 603 g/mol. The molecular weight excluding hydrogens is 544 g/mol. The van der Waals surface area contributed by atoms with Crippen molar-refractivity contribution in [1.82, 2.24) is 0 Å². The van der Waals surface area contributed by atoms with E-state index >= 15 is 0 Å². The maximum absolute atomic E-state index is 5.98. The summed E-state index contributed by atoms with van der Waals surface area (Å²) < 4.78 is 0. The number of benzene rings is 4. The van der Waals surface area contributed by atoms with E-state index in [0.717, 1.165) is 49.9 Å². The molecule has 4 N–H and O–H groups in total. The van der Waals surface area contributed by atoms with Crippen LogP contribution >= 0.6 is 0 Å². The first-order valence-electron chi connectivity index (χ1n) is 17.9. The van der Waals surface area contributed by atoms with E-state index in [0.29, 0.717) is 17.8 Å². The molecule has 0 saturated heterocycles. The van der Waals surface area contributed by atoms with Crippen molar-refractivity contribution in [3.63, 3.8) is 0 Å². The summed E-state index contributed by atoms with van der Waals surface area (Å²) in [6, 6.07) is 36.1. The zero-order chi connectivity index (χ0) is 31.9. The monoisotopic (exact) mass is 602 g/mol. The van der Waals surface area contributed by atoms with Gasteiger partial charge in [0.2, 0.25) is 0 Å². The van der Waals surface area contributed by atoms with Crippen molar-refractivity contribution in [3.8, 4) is 0 Å². The second-order valence-electron chi connectivity index (χ2n) is 13.3. The fourth-order valence-corrected chi connectivity index (χ4v) is 7.01. The minimum absolute atomic E-state index is 0.423. The highest BCUT2D eigenvalue weighted by Crippen LogP contribution is 2.32. The van der Waals surface area contributed by atoms with E-state index < -0.39 is 0 Å². The zero-order valence-corrected chi connectivity index (χ0v) is 28.3. The molecule has 0 aliphatic carbocycles. The van der Waals surface area contributed by atoms with Gasteiger partial charge in [0.05, 0.1) is 0 Å². The van der Waals surface area contributed by atoms with Gasteiger partial charge < -0.3 is 11.5 Å². The molecule has 0 fully saturated rings. The fraction of sp³-hybridized carbons (Fsp3) is 0.442. The molecule has 240 valence electrons. The van der Waals surface area contributed by atoms with Crippen LogP contribution in [-0.4, -0.2) is 0 Å². The van der Waals surface area contributed by atoms with Crippen LogP contribution in [0, 0.1) is 5.92 Å². The first kappa shape index (κ1) is 34.4. The third kappa shape index (κ3) is 10.8. The molecule has 2 atom stereocenters. The lowest BCUT2D eigenvalue weighted by Gasteiger charge is -2.21. The second-order valence-corrected chi connectivity index (χ2v) is 13.3. The van der Waals surface area contributed by atoms with Crippen molar-refractivity contribution >= 4 is 11.4 Å². The Morgan fingerprint density at radius 1 is 0.400 bits per heavy atom. The molecule has 2 nitrogen and oxygen atoms in total. The van der Waals surface area contributed by atoms with E-state index in [-0.39, 0.29) is 0 Å². The van der Waals surface area contributed by atoms with E-state index in [1.165, 1.54) is 78.3 Å². The fourth-order valence-electron chi connectivity index (χ4n) is 7.01. The van der Waals surface area contributed by atoms with Gasteiger partial charge in [0, 0.05) is 23.2 Å². The summed E-state index contributed by atoms with van der Waals surface area (Å²) in [6.07, 6.45) is 16.3. The van der Waals surface area contributed by atoms with Crippen molar-refractivity contribution in [2.24, 2.45) is 5.92 Å². The second kappa shape index (κ2) is 18.4. The largest absolute Gasteiger partial charge is 0.399 e. The third-order valence-electron chi connectivity index (χ3n) is 9.61. The van der Waals surface area contributed by atoms with Gasteiger partial charge >= 0.3 is 0 Å². The van der Waals surface area contributed by atoms with Crippen LogP contribution in [-0.2, 0) is 12.8 Å². The van der Waals surface area contributed by atoms with Crippen LogP contribution in [0.2, 0.25) is 0 Å². The van der Waals surface area contributed by atoms with Crippen molar-refractivity contribution in [2.45, 2.75) is 116 Å². The van der Waals surface area contributed by atoms with Crippen LogP contribution in [0.5, 0.6) is 0 Å². The van der Waals surface area contributed by atoms with E-state index in [1.54, 1.807) is 0 Å². The summed E-state index contributed by atoms with van der Waals surface area (Å²) >= 11 is 0. The molecule has 0 aliphatic rings. The first-order chi connectivity index (χ1) is 22.0. The maximum Gasteiger partial charge on any atom is 0.0314 e. The molecule has 4 rings (SSSR count). The molecule has 0 radical (unpaired) electrons. The van der Waals surface area contributed by atoms with Gasteiger partial charge in [0.1, 0.15) is 0 Å². The minimum Gasteiger partial charge on any atom is -0.399 e. The van der Waals surface area contributed by atoms with Crippen LogP contribution < -0.4 is 11.5 Å². The van der Waals surface area contributed by atoms with Gasteiger partial charge in [-0.3, -0.25) is 0 Å². The Bertz CT molecular complexity index is 1250. The summed E-state index contributed by atoms with van der Waals surface area (Å²) in [4.78, 5) is 0. The van der Waals surface area contributed by atoms with Crippen LogP contribution in [0.15, 0.2) is 97.1 Å². The highest BCUT2D eigenvalue weighted by atomic mass is 14.5. The Hall–Kier alpha value is -3.52. The van der Waals surface area contributed by atoms with Crippen molar-refractivity contribution in [2.75, 3.05) is 11.5 Å². The van der Waals surface area contributed by atoms with Crippen LogP contribution in [0.25, 0.3) is 0 Å². The van der Waals surface area contributed by atoms with E-state index in [2.05, 4.69) is 93.6 Å². The Morgan fingerprint density at radius 2 is 0.756 bits per heavy atom. The number of hydrogen-bond donors (Lipinski definition) is 2. The summed E-state index contributed by atoms with van der Waals surface area (Å²) in [6.45, 7) is 6.85. The SMILES string of the molecule is CCCCCCCCC(Cc1ccc(C(CCC)c2ccc(N)cc2)cc1)Cc1ccc(C(CCC)c2ccc(N)cc2)cc1. The number of nitrogen functional groups attached to an aromatic ring is 2. The Labute approximate surface area is 274 Å². The summed E-state index contributed by atoms with van der Waals surface area (Å²) in [5.74, 6) is 1.50. The summed E-state index contributed by atoms with van der Waals surface area (Å²) in [5, 5.41) is 0. The standard InChI is InChI=1S/C43H58N2/c1-4-7-8-9-10-11-14-35(31-33-15-19-36(20-16-33)42(12-5-2)38-23-27-40(44)28-24-38)32-34-17-21-37(22-18-34)43(13-6-3)39-25-29-41(45)30-26-39/h15-30,35,42-43H,4-14,31-32,44-45H2,1-3H3. The molecule has 0 heterocycles. The topological polar surface area (TPSA) is 52.0 Å². The molecule has 0 bridgehead atoms. The number of nitrogens with two attached hydrogens (primary N) is 2. The average Bonchev–Trinajstić information content (AvgIpc) is 3.06.